The monoisotopic (exact) mass is 439 g/mol. The van der Waals surface area contributed by atoms with Crippen molar-refractivity contribution < 1.29 is 36.3 Å². The van der Waals surface area contributed by atoms with E-state index in [-0.39, 0.29) is 17.4 Å². The normalized spacial score (nSPS) is 19.8. The molecule has 1 aliphatic heterocycles. The van der Waals surface area contributed by atoms with Gasteiger partial charge in [0.2, 0.25) is 0 Å². The van der Waals surface area contributed by atoms with E-state index in [1.807, 2.05) is 13.8 Å². The largest absolute Gasteiger partial charge is 0.430 e. The lowest BCUT2D eigenvalue weighted by molar-refractivity contribution is -0.376. The van der Waals surface area contributed by atoms with Crippen LogP contribution in [0.15, 0.2) is 34.4 Å². The van der Waals surface area contributed by atoms with Crippen molar-refractivity contribution in [3.8, 4) is 0 Å². The minimum Gasteiger partial charge on any atom is -0.388 e. The number of alkyl halides is 6. The third-order valence-electron chi connectivity index (χ3n) is 4.25. The first kappa shape index (κ1) is 24.0. The molecule has 1 heterocycles. The second kappa shape index (κ2) is 7.75. The predicted molar refractivity (Wildman–Crippen MR) is 100 cm³/mol. The van der Waals surface area contributed by atoms with Gasteiger partial charge in [0, 0.05) is 11.3 Å². The Kier molecular flexibility index (Phi) is 6.19. The van der Waals surface area contributed by atoms with Crippen LogP contribution in [0.4, 0.5) is 32.0 Å². The Labute approximate surface area is 170 Å². The van der Waals surface area contributed by atoms with Gasteiger partial charge in [-0.15, -0.1) is 0 Å². The first-order valence-electron chi connectivity index (χ1n) is 9.04. The van der Waals surface area contributed by atoms with Crippen LogP contribution in [0.5, 0.6) is 0 Å². The summed E-state index contributed by atoms with van der Waals surface area (Å²) in [6.07, 6.45) is -11.0. The van der Waals surface area contributed by atoms with E-state index in [2.05, 4.69) is 10.1 Å². The molecule has 1 aliphatic rings. The van der Waals surface area contributed by atoms with Gasteiger partial charge in [-0.25, -0.2) is 0 Å². The zero-order chi connectivity index (χ0) is 23.1. The zero-order valence-corrected chi connectivity index (χ0v) is 17.0. The number of anilines is 1. The number of halogens is 6. The number of oxime groups is 1. The van der Waals surface area contributed by atoms with Gasteiger partial charge in [-0.3, -0.25) is 9.89 Å². The van der Waals surface area contributed by atoms with Crippen LogP contribution in [0, 0.1) is 5.92 Å². The van der Waals surface area contributed by atoms with Gasteiger partial charge >= 0.3 is 12.4 Å². The van der Waals surface area contributed by atoms with Crippen LogP contribution in [0.25, 0.3) is 0 Å². The Hall–Kier alpha value is -2.30. The molecule has 1 aromatic carbocycles. The first-order valence-corrected chi connectivity index (χ1v) is 9.04. The molecule has 2 rings (SSSR count). The molecule has 0 radical (unpaired) electrons. The number of aliphatic hydroxyl groups is 1. The van der Waals surface area contributed by atoms with Gasteiger partial charge in [0.15, 0.2) is 5.84 Å². The number of rotatable bonds is 4. The van der Waals surface area contributed by atoms with E-state index >= 15 is 0 Å². The summed E-state index contributed by atoms with van der Waals surface area (Å²) in [6, 6.07) is 3.28. The van der Waals surface area contributed by atoms with Crippen molar-refractivity contribution in [1.29, 1.82) is 0 Å². The minimum absolute atomic E-state index is 0.0504. The van der Waals surface area contributed by atoms with Gasteiger partial charge in [0.1, 0.15) is 11.8 Å². The lowest BCUT2D eigenvalue weighted by Gasteiger charge is -2.33. The summed E-state index contributed by atoms with van der Waals surface area (Å²) in [6.45, 7) is 8.98. The highest BCUT2D eigenvalue weighted by molar-refractivity contribution is 6.37. The lowest BCUT2D eigenvalue weighted by atomic mass is 9.92. The molecule has 0 saturated carbocycles. The highest BCUT2D eigenvalue weighted by Crippen LogP contribution is 2.50. The van der Waals surface area contributed by atoms with E-state index in [0.717, 1.165) is 12.1 Å². The lowest BCUT2D eigenvalue weighted by Crippen LogP contribution is -2.53. The van der Waals surface area contributed by atoms with E-state index in [0.29, 0.717) is 12.1 Å². The zero-order valence-electron chi connectivity index (χ0n) is 17.0. The van der Waals surface area contributed by atoms with Crippen LogP contribution in [-0.2, 0) is 10.4 Å². The summed E-state index contributed by atoms with van der Waals surface area (Å²) < 4.78 is 78.6. The average Bonchev–Trinajstić information content (AvgIpc) is 3.01. The van der Waals surface area contributed by atoms with E-state index < -0.39 is 35.3 Å². The second-order valence-electron chi connectivity index (χ2n) is 8.21. The molecule has 11 heteroatoms. The standard InChI is InChI=1S/C19H23F6N3O2/c1-11(2)15-26-10-14(27-30-16(3,4)5)28(15)13-8-6-12(7-9-13)17(29,18(20,21)22)19(23,24)25/h6-11,15,29H,1-5H3/b27-14-. The molecule has 0 spiro atoms. The summed E-state index contributed by atoms with van der Waals surface area (Å²) in [5, 5.41) is 13.6. The summed E-state index contributed by atoms with van der Waals surface area (Å²) in [5.74, 6) is 0.198. The van der Waals surface area contributed by atoms with Crippen molar-refractivity contribution in [2.24, 2.45) is 16.1 Å². The molecule has 0 aliphatic carbocycles. The molecular formula is C19H23F6N3O2. The molecule has 5 nitrogen and oxygen atoms in total. The van der Waals surface area contributed by atoms with Crippen molar-refractivity contribution in [3.05, 3.63) is 29.8 Å². The molecule has 0 fully saturated rings. The molecule has 168 valence electrons. The van der Waals surface area contributed by atoms with Crippen LogP contribution in [0.2, 0.25) is 0 Å². The average molecular weight is 439 g/mol. The minimum atomic E-state index is -5.95. The number of hydrogen-bond acceptors (Lipinski definition) is 4. The molecular weight excluding hydrogens is 416 g/mol. The van der Waals surface area contributed by atoms with Crippen LogP contribution in [0.1, 0.15) is 40.2 Å². The first-order chi connectivity index (χ1) is 13.5. The number of aliphatic imine (C=N–C) groups is 1. The number of benzene rings is 1. The summed E-state index contributed by atoms with van der Waals surface area (Å²) in [4.78, 5) is 11.2. The fourth-order valence-electron chi connectivity index (χ4n) is 2.77. The van der Waals surface area contributed by atoms with E-state index in [4.69, 9.17) is 4.84 Å². The van der Waals surface area contributed by atoms with Crippen LogP contribution < -0.4 is 4.90 Å². The fourth-order valence-corrected chi connectivity index (χ4v) is 2.77. The van der Waals surface area contributed by atoms with E-state index in [1.165, 1.54) is 6.21 Å². The van der Waals surface area contributed by atoms with Gasteiger partial charge in [0.25, 0.3) is 5.60 Å². The Balaban J connectivity index is 2.48. The van der Waals surface area contributed by atoms with Gasteiger partial charge in [0.05, 0.1) is 6.21 Å². The Bertz CT molecular complexity index is 794. The maximum Gasteiger partial charge on any atom is 0.430 e. The number of nitrogens with zero attached hydrogens (tertiary/aromatic N) is 3. The SMILES string of the molecule is CC(C)C1N=C/C(=N/OC(C)(C)C)N1c1ccc(C(O)(C(F)(F)F)C(F)(F)F)cc1. The predicted octanol–water partition coefficient (Wildman–Crippen LogP) is 5.00. The van der Waals surface area contributed by atoms with Gasteiger partial charge < -0.3 is 9.94 Å². The molecule has 1 N–H and O–H groups in total. The highest BCUT2D eigenvalue weighted by Gasteiger charge is 2.71. The Morgan fingerprint density at radius 1 is 1.00 bits per heavy atom. The molecule has 0 aromatic heterocycles. The third-order valence-corrected chi connectivity index (χ3v) is 4.25. The van der Waals surface area contributed by atoms with Crippen molar-refractivity contribution >= 4 is 17.7 Å². The summed E-state index contributed by atoms with van der Waals surface area (Å²) in [7, 11) is 0. The van der Waals surface area contributed by atoms with Crippen molar-refractivity contribution in [3.63, 3.8) is 0 Å². The molecule has 0 amide bonds. The maximum atomic E-state index is 13.1. The molecule has 0 bridgehead atoms. The van der Waals surface area contributed by atoms with Gasteiger partial charge in [-0.1, -0.05) is 31.1 Å². The number of hydrogen-bond donors (Lipinski definition) is 1. The van der Waals surface area contributed by atoms with Gasteiger partial charge in [-0.05, 0) is 38.8 Å². The smallest absolute Gasteiger partial charge is 0.388 e. The summed E-state index contributed by atoms with van der Waals surface area (Å²) in [5.41, 5.74) is -6.69. The Morgan fingerprint density at radius 2 is 1.50 bits per heavy atom. The number of amidine groups is 1. The van der Waals surface area contributed by atoms with Gasteiger partial charge in [-0.2, -0.15) is 26.3 Å². The molecule has 1 unspecified atom stereocenters. The topological polar surface area (TPSA) is 57.4 Å². The summed E-state index contributed by atoms with van der Waals surface area (Å²) >= 11 is 0. The van der Waals surface area contributed by atoms with Crippen molar-refractivity contribution in [2.75, 3.05) is 4.90 Å². The molecule has 30 heavy (non-hydrogen) atoms. The van der Waals surface area contributed by atoms with Crippen LogP contribution >= 0.6 is 0 Å². The highest BCUT2D eigenvalue weighted by atomic mass is 19.4. The molecule has 1 atom stereocenters. The fraction of sp³-hybridized carbons (Fsp3) is 0.579. The third kappa shape index (κ3) is 4.55. The second-order valence-corrected chi connectivity index (χ2v) is 8.21. The molecule has 0 saturated heterocycles. The van der Waals surface area contributed by atoms with E-state index in [1.54, 1.807) is 25.7 Å². The maximum absolute atomic E-state index is 13.1. The molecule has 1 aromatic rings. The van der Waals surface area contributed by atoms with Crippen molar-refractivity contribution in [1.82, 2.24) is 0 Å². The van der Waals surface area contributed by atoms with Crippen LogP contribution in [-0.4, -0.2) is 41.3 Å². The van der Waals surface area contributed by atoms with E-state index in [9.17, 15) is 31.4 Å². The van der Waals surface area contributed by atoms with Crippen molar-refractivity contribution in [2.45, 2.75) is 64.3 Å². The Morgan fingerprint density at radius 3 is 1.90 bits per heavy atom. The van der Waals surface area contributed by atoms with Crippen LogP contribution in [0.3, 0.4) is 0 Å². The quantitative estimate of drug-likeness (QED) is 0.531.